The van der Waals surface area contributed by atoms with Gasteiger partial charge in [-0.1, -0.05) is 6.07 Å². The molecule has 1 aliphatic rings. The highest BCUT2D eigenvalue weighted by molar-refractivity contribution is 7.14. The molecule has 3 aromatic rings. The van der Waals surface area contributed by atoms with Gasteiger partial charge >= 0.3 is 0 Å². The first-order valence-electron chi connectivity index (χ1n) is 10.1. The average Bonchev–Trinajstić information content (AvgIpc) is 3.23. The van der Waals surface area contributed by atoms with E-state index in [0.29, 0.717) is 23.9 Å². The lowest BCUT2D eigenvalue weighted by Crippen LogP contribution is -2.18. The van der Waals surface area contributed by atoms with E-state index in [1.807, 2.05) is 54.8 Å². The van der Waals surface area contributed by atoms with Gasteiger partial charge in [0, 0.05) is 23.1 Å². The summed E-state index contributed by atoms with van der Waals surface area (Å²) in [5.74, 6) is 1.37. The Morgan fingerprint density at radius 2 is 1.90 bits per heavy atom. The van der Waals surface area contributed by atoms with Crippen molar-refractivity contribution in [3.63, 3.8) is 0 Å². The molecule has 8 heteroatoms. The van der Waals surface area contributed by atoms with Crippen molar-refractivity contribution in [2.24, 2.45) is 0 Å². The number of benzene rings is 2. The van der Waals surface area contributed by atoms with Gasteiger partial charge in [-0.25, -0.2) is 4.98 Å². The molecule has 1 aliphatic heterocycles. The summed E-state index contributed by atoms with van der Waals surface area (Å²) in [6.45, 7) is 2.82. The number of carbonyl (C=O) groups is 2. The second-order valence-electron chi connectivity index (χ2n) is 7.01. The van der Waals surface area contributed by atoms with Crippen LogP contribution in [0.25, 0.3) is 11.3 Å². The highest BCUT2D eigenvalue weighted by atomic mass is 32.1. The minimum atomic E-state index is -0.153. The number of nitrogens with one attached hydrogen (secondary N) is 2. The Morgan fingerprint density at radius 1 is 1.13 bits per heavy atom. The molecule has 0 saturated heterocycles. The van der Waals surface area contributed by atoms with Crippen LogP contribution in [0.15, 0.2) is 47.8 Å². The first-order chi connectivity index (χ1) is 15.1. The predicted octanol–water partition coefficient (Wildman–Crippen LogP) is 4.50. The summed E-state index contributed by atoms with van der Waals surface area (Å²) in [4.78, 5) is 28.3. The molecule has 2 aromatic carbocycles. The summed E-state index contributed by atoms with van der Waals surface area (Å²) in [6, 6.07) is 13.2. The Balaban J connectivity index is 1.28. The standard InChI is InChI=1S/C23H23N3O4S/c1-2-29-17-5-7-18(8-6-17)30-12-11-22(28)26-23-25-20(14-31-23)16-3-9-19-15(13-16)4-10-21(27)24-19/h3,5-9,13-14H,2,4,10-12H2,1H3,(H,24,27)(H,25,26,28). The number of ether oxygens (including phenoxy) is 2. The first-order valence-corrected chi connectivity index (χ1v) is 11.0. The van der Waals surface area contributed by atoms with Crippen molar-refractivity contribution in [1.82, 2.24) is 4.98 Å². The van der Waals surface area contributed by atoms with Crippen molar-refractivity contribution < 1.29 is 19.1 Å². The summed E-state index contributed by atoms with van der Waals surface area (Å²) >= 11 is 1.38. The molecule has 0 radical (unpaired) electrons. The molecule has 0 saturated carbocycles. The molecule has 0 atom stereocenters. The molecule has 2 amide bonds. The van der Waals surface area contributed by atoms with Gasteiger partial charge in [0.15, 0.2) is 5.13 Å². The zero-order valence-corrected chi connectivity index (χ0v) is 18.0. The number of anilines is 2. The molecule has 4 rings (SSSR count). The summed E-state index contributed by atoms with van der Waals surface area (Å²) in [5.41, 5.74) is 3.72. The van der Waals surface area contributed by atoms with Gasteiger partial charge in [0.1, 0.15) is 11.5 Å². The fourth-order valence-electron chi connectivity index (χ4n) is 3.25. The number of rotatable bonds is 8. The average molecular weight is 438 g/mol. The Labute approximate surface area is 184 Å². The minimum Gasteiger partial charge on any atom is -0.494 e. The van der Waals surface area contributed by atoms with Crippen molar-refractivity contribution >= 4 is 34.0 Å². The number of fused-ring (bicyclic) bond motifs is 1. The molecule has 0 bridgehead atoms. The lowest BCUT2D eigenvalue weighted by molar-refractivity contribution is -0.117. The second kappa shape index (κ2) is 9.61. The Kier molecular flexibility index (Phi) is 6.47. The lowest BCUT2D eigenvalue weighted by Gasteiger charge is -2.17. The minimum absolute atomic E-state index is 0.0467. The molecule has 0 spiro atoms. The number of hydrogen-bond acceptors (Lipinski definition) is 6. The van der Waals surface area contributed by atoms with Crippen LogP contribution in [0.4, 0.5) is 10.8 Å². The SMILES string of the molecule is CCOc1ccc(OCCC(=O)Nc2nc(-c3ccc4c(c3)CCC(=O)N4)cs2)cc1. The number of hydrogen-bond donors (Lipinski definition) is 2. The van der Waals surface area contributed by atoms with Crippen LogP contribution < -0.4 is 20.1 Å². The van der Waals surface area contributed by atoms with Crippen LogP contribution in [-0.4, -0.2) is 30.0 Å². The lowest BCUT2D eigenvalue weighted by atomic mass is 9.99. The van der Waals surface area contributed by atoms with E-state index in [0.717, 1.165) is 34.7 Å². The van der Waals surface area contributed by atoms with Gasteiger partial charge in [-0.15, -0.1) is 11.3 Å². The maximum Gasteiger partial charge on any atom is 0.229 e. The molecule has 0 fully saturated rings. The van der Waals surface area contributed by atoms with Gasteiger partial charge in [-0.05, 0) is 55.3 Å². The molecule has 160 valence electrons. The molecular weight excluding hydrogens is 414 g/mol. The zero-order valence-electron chi connectivity index (χ0n) is 17.1. The fourth-order valence-corrected chi connectivity index (χ4v) is 3.98. The van der Waals surface area contributed by atoms with E-state index in [9.17, 15) is 9.59 Å². The van der Waals surface area contributed by atoms with Gasteiger partial charge < -0.3 is 20.1 Å². The van der Waals surface area contributed by atoms with E-state index < -0.39 is 0 Å². The van der Waals surface area contributed by atoms with Gasteiger partial charge in [0.25, 0.3) is 0 Å². The van der Waals surface area contributed by atoms with E-state index in [4.69, 9.17) is 9.47 Å². The molecule has 0 aliphatic carbocycles. The molecular formula is C23H23N3O4S. The molecule has 7 nitrogen and oxygen atoms in total. The molecule has 2 heterocycles. The monoisotopic (exact) mass is 437 g/mol. The first kappa shape index (κ1) is 20.9. The quantitative estimate of drug-likeness (QED) is 0.542. The number of aromatic nitrogens is 1. The highest BCUT2D eigenvalue weighted by Crippen LogP contribution is 2.30. The van der Waals surface area contributed by atoms with Crippen molar-refractivity contribution in [2.75, 3.05) is 23.8 Å². The number of thiazole rings is 1. The Morgan fingerprint density at radius 3 is 2.68 bits per heavy atom. The van der Waals surface area contributed by atoms with Crippen molar-refractivity contribution in [3.05, 3.63) is 53.4 Å². The molecule has 0 unspecified atom stereocenters. The Hall–Kier alpha value is -3.39. The normalized spacial score (nSPS) is 12.6. The zero-order chi connectivity index (χ0) is 21.6. The smallest absolute Gasteiger partial charge is 0.229 e. The van der Waals surface area contributed by atoms with Gasteiger partial charge in [0.05, 0.1) is 25.3 Å². The molecule has 31 heavy (non-hydrogen) atoms. The number of carbonyl (C=O) groups excluding carboxylic acids is 2. The van der Waals surface area contributed by atoms with Crippen molar-refractivity contribution in [3.8, 4) is 22.8 Å². The van der Waals surface area contributed by atoms with Crippen LogP contribution in [0, 0.1) is 0 Å². The van der Waals surface area contributed by atoms with Crippen LogP contribution in [0.5, 0.6) is 11.5 Å². The molecule has 2 N–H and O–H groups in total. The summed E-state index contributed by atoms with van der Waals surface area (Å²) in [6.07, 6.45) is 1.44. The predicted molar refractivity (Wildman–Crippen MR) is 121 cm³/mol. The Bertz CT molecular complexity index is 1080. The van der Waals surface area contributed by atoms with E-state index >= 15 is 0 Å². The van der Waals surface area contributed by atoms with Gasteiger partial charge in [0.2, 0.25) is 11.8 Å². The third-order valence-electron chi connectivity index (χ3n) is 4.78. The van der Waals surface area contributed by atoms with E-state index in [-0.39, 0.29) is 24.8 Å². The van der Waals surface area contributed by atoms with Crippen LogP contribution in [0.3, 0.4) is 0 Å². The maximum absolute atomic E-state index is 12.2. The summed E-state index contributed by atoms with van der Waals surface area (Å²) in [7, 11) is 0. The second-order valence-corrected chi connectivity index (χ2v) is 7.87. The summed E-state index contributed by atoms with van der Waals surface area (Å²) < 4.78 is 11.0. The van der Waals surface area contributed by atoms with Crippen LogP contribution in [0.2, 0.25) is 0 Å². The fraction of sp³-hybridized carbons (Fsp3) is 0.261. The number of nitrogens with zero attached hydrogens (tertiary/aromatic N) is 1. The van der Waals surface area contributed by atoms with E-state index in [1.54, 1.807) is 0 Å². The van der Waals surface area contributed by atoms with Crippen LogP contribution >= 0.6 is 11.3 Å². The van der Waals surface area contributed by atoms with Crippen LogP contribution in [0.1, 0.15) is 25.3 Å². The largest absolute Gasteiger partial charge is 0.494 e. The topological polar surface area (TPSA) is 89.6 Å². The van der Waals surface area contributed by atoms with Crippen molar-refractivity contribution in [2.45, 2.75) is 26.2 Å². The van der Waals surface area contributed by atoms with Gasteiger partial charge in [-0.3, -0.25) is 9.59 Å². The van der Waals surface area contributed by atoms with E-state index in [1.165, 1.54) is 11.3 Å². The van der Waals surface area contributed by atoms with Gasteiger partial charge in [-0.2, -0.15) is 0 Å². The van der Waals surface area contributed by atoms with Crippen LogP contribution in [-0.2, 0) is 16.0 Å². The third-order valence-corrected chi connectivity index (χ3v) is 5.54. The molecule has 1 aromatic heterocycles. The van der Waals surface area contributed by atoms with Crippen molar-refractivity contribution in [1.29, 1.82) is 0 Å². The number of amides is 2. The van der Waals surface area contributed by atoms with E-state index in [2.05, 4.69) is 15.6 Å². The third kappa shape index (κ3) is 5.40. The maximum atomic E-state index is 12.2. The summed E-state index contributed by atoms with van der Waals surface area (Å²) in [5, 5.41) is 8.16. The number of aryl methyl sites for hydroxylation is 1. The highest BCUT2D eigenvalue weighted by Gasteiger charge is 2.16.